The Balaban J connectivity index is 1.79. The highest BCUT2D eigenvalue weighted by Crippen LogP contribution is 2.19. The lowest BCUT2D eigenvalue weighted by Gasteiger charge is -2.20. The van der Waals surface area contributed by atoms with Gasteiger partial charge in [0.2, 0.25) is 0 Å². The van der Waals surface area contributed by atoms with Crippen LogP contribution in [0.2, 0.25) is 0 Å². The molecule has 0 aliphatic heterocycles. The first-order valence-corrected chi connectivity index (χ1v) is 8.01. The smallest absolute Gasteiger partial charge is 0.122 e. The Morgan fingerprint density at radius 3 is 2.83 bits per heavy atom. The molecule has 122 valence electrons. The van der Waals surface area contributed by atoms with Gasteiger partial charge in [0.25, 0.3) is 0 Å². The summed E-state index contributed by atoms with van der Waals surface area (Å²) in [5, 5.41) is 8.79. The fourth-order valence-corrected chi connectivity index (χ4v) is 2.43. The van der Waals surface area contributed by atoms with Crippen molar-refractivity contribution in [1.29, 1.82) is 5.26 Å². The minimum atomic E-state index is 0.526. The molecule has 2 aromatic rings. The van der Waals surface area contributed by atoms with E-state index in [4.69, 9.17) is 14.4 Å². The second-order valence-electron chi connectivity index (χ2n) is 5.73. The molecule has 0 fully saturated rings. The van der Waals surface area contributed by atoms with Gasteiger partial charge in [0.1, 0.15) is 11.5 Å². The second kappa shape index (κ2) is 9.02. The Kier molecular flexibility index (Phi) is 6.71. The Hall–Kier alpha value is -2.25. The third kappa shape index (κ3) is 5.80. The summed E-state index contributed by atoms with van der Waals surface area (Å²) in [5.74, 6) is 1.89. The number of aryl methyl sites for hydroxylation is 2. The SMILES string of the molecule is Cc1ccc(C)c(OCCCN(CCC#N)Cc2ccco2)c1. The van der Waals surface area contributed by atoms with Crippen LogP contribution in [0.1, 0.15) is 29.7 Å². The molecule has 0 amide bonds. The molecule has 0 radical (unpaired) electrons. The van der Waals surface area contributed by atoms with Crippen molar-refractivity contribution in [2.75, 3.05) is 19.7 Å². The number of hydrogen-bond donors (Lipinski definition) is 0. The van der Waals surface area contributed by atoms with E-state index in [-0.39, 0.29) is 0 Å². The summed E-state index contributed by atoms with van der Waals surface area (Å²) >= 11 is 0. The lowest BCUT2D eigenvalue weighted by molar-refractivity contribution is 0.218. The van der Waals surface area contributed by atoms with Gasteiger partial charge in [-0.1, -0.05) is 12.1 Å². The summed E-state index contributed by atoms with van der Waals surface area (Å²) in [6.07, 6.45) is 3.12. The zero-order valence-corrected chi connectivity index (χ0v) is 13.9. The molecule has 23 heavy (non-hydrogen) atoms. The third-order valence-corrected chi connectivity index (χ3v) is 3.72. The maximum Gasteiger partial charge on any atom is 0.122 e. The largest absolute Gasteiger partial charge is 0.493 e. The number of nitrogens with zero attached hydrogens (tertiary/aromatic N) is 2. The van der Waals surface area contributed by atoms with E-state index in [1.54, 1.807) is 6.26 Å². The first-order chi connectivity index (χ1) is 11.2. The van der Waals surface area contributed by atoms with Gasteiger partial charge in [-0.15, -0.1) is 0 Å². The average Bonchev–Trinajstić information content (AvgIpc) is 3.05. The molecule has 0 N–H and O–H groups in total. The molecule has 4 nitrogen and oxygen atoms in total. The number of rotatable bonds is 9. The highest BCUT2D eigenvalue weighted by molar-refractivity contribution is 5.35. The van der Waals surface area contributed by atoms with Crippen LogP contribution in [-0.4, -0.2) is 24.6 Å². The van der Waals surface area contributed by atoms with Gasteiger partial charge in [-0.05, 0) is 49.6 Å². The van der Waals surface area contributed by atoms with Gasteiger partial charge in [0.05, 0.1) is 25.5 Å². The topological polar surface area (TPSA) is 49.4 Å². The molecule has 0 aliphatic rings. The summed E-state index contributed by atoms with van der Waals surface area (Å²) in [5.41, 5.74) is 2.37. The van der Waals surface area contributed by atoms with Crippen LogP contribution in [0.5, 0.6) is 5.75 Å². The van der Waals surface area contributed by atoms with Gasteiger partial charge in [-0.25, -0.2) is 0 Å². The van der Waals surface area contributed by atoms with Crippen molar-refractivity contribution >= 4 is 0 Å². The minimum Gasteiger partial charge on any atom is -0.493 e. The molecule has 0 atom stereocenters. The molecule has 0 saturated heterocycles. The maximum absolute atomic E-state index is 8.79. The summed E-state index contributed by atoms with van der Waals surface area (Å²) in [7, 11) is 0. The van der Waals surface area contributed by atoms with Crippen molar-refractivity contribution in [3.8, 4) is 11.8 Å². The Bertz CT molecular complexity index is 629. The fourth-order valence-electron chi connectivity index (χ4n) is 2.43. The number of ether oxygens (including phenoxy) is 1. The van der Waals surface area contributed by atoms with E-state index in [2.05, 4.69) is 43.0 Å². The van der Waals surface area contributed by atoms with Crippen LogP contribution < -0.4 is 4.74 Å². The van der Waals surface area contributed by atoms with Crippen molar-refractivity contribution in [1.82, 2.24) is 4.90 Å². The predicted molar refractivity (Wildman–Crippen MR) is 90.2 cm³/mol. The Morgan fingerprint density at radius 1 is 1.22 bits per heavy atom. The van der Waals surface area contributed by atoms with E-state index in [1.165, 1.54) is 5.56 Å². The van der Waals surface area contributed by atoms with Crippen LogP contribution in [-0.2, 0) is 6.54 Å². The van der Waals surface area contributed by atoms with E-state index in [1.807, 2.05) is 12.1 Å². The molecule has 4 heteroatoms. The lowest BCUT2D eigenvalue weighted by atomic mass is 10.1. The molecule has 0 unspecified atom stereocenters. The zero-order chi connectivity index (χ0) is 16.5. The van der Waals surface area contributed by atoms with Crippen molar-refractivity contribution in [3.05, 3.63) is 53.5 Å². The van der Waals surface area contributed by atoms with Crippen LogP contribution in [0.25, 0.3) is 0 Å². The van der Waals surface area contributed by atoms with Crippen LogP contribution in [0.15, 0.2) is 41.0 Å². The molecule has 1 heterocycles. The molecular formula is C19H24N2O2. The fraction of sp³-hybridized carbons (Fsp3) is 0.421. The normalized spacial score (nSPS) is 10.7. The van der Waals surface area contributed by atoms with Crippen molar-refractivity contribution < 1.29 is 9.15 Å². The monoisotopic (exact) mass is 312 g/mol. The highest BCUT2D eigenvalue weighted by atomic mass is 16.5. The van der Waals surface area contributed by atoms with Crippen molar-refractivity contribution in [2.45, 2.75) is 33.2 Å². The predicted octanol–water partition coefficient (Wildman–Crippen LogP) is 4.08. The van der Waals surface area contributed by atoms with E-state index in [0.29, 0.717) is 13.0 Å². The highest BCUT2D eigenvalue weighted by Gasteiger charge is 2.08. The van der Waals surface area contributed by atoms with Gasteiger partial charge < -0.3 is 9.15 Å². The third-order valence-electron chi connectivity index (χ3n) is 3.72. The van der Waals surface area contributed by atoms with Crippen molar-refractivity contribution in [2.24, 2.45) is 0 Å². The molecular weight excluding hydrogens is 288 g/mol. The van der Waals surface area contributed by atoms with Crippen LogP contribution >= 0.6 is 0 Å². The molecule has 0 aliphatic carbocycles. The van der Waals surface area contributed by atoms with Gasteiger partial charge in [0, 0.05) is 19.5 Å². The van der Waals surface area contributed by atoms with Crippen LogP contribution in [0, 0.1) is 25.2 Å². The molecule has 0 saturated carbocycles. The molecule has 1 aromatic carbocycles. The second-order valence-corrected chi connectivity index (χ2v) is 5.73. The van der Waals surface area contributed by atoms with E-state index in [9.17, 15) is 0 Å². The summed E-state index contributed by atoms with van der Waals surface area (Å²) in [6.45, 7) is 7.17. The minimum absolute atomic E-state index is 0.526. The average molecular weight is 312 g/mol. The van der Waals surface area contributed by atoms with Gasteiger partial charge >= 0.3 is 0 Å². The van der Waals surface area contributed by atoms with Crippen molar-refractivity contribution in [3.63, 3.8) is 0 Å². The maximum atomic E-state index is 8.79. The van der Waals surface area contributed by atoms with E-state index >= 15 is 0 Å². The number of nitriles is 1. The molecule has 0 spiro atoms. The number of furan rings is 1. The summed E-state index contributed by atoms with van der Waals surface area (Å²) in [6, 6.07) is 12.3. The number of hydrogen-bond acceptors (Lipinski definition) is 4. The zero-order valence-electron chi connectivity index (χ0n) is 13.9. The number of benzene rings is 1. The van der Waals surface area contributed by atoms with Crippen LogP contribution in [0.3, 0.4) is 0 Å². The van der Waals surface area contributed by atoms with E-state index in [0.717, 1.165) is 43.1 Å². The molecule has 0 bridgehead atoms. The van der Waals surface area contributed by atoms with Gasteiger partial charge in [-0.2, -0.15) is 5.26 Å². The Labute approximate surface area is 138 Å². The molecule has 1 aromatic heterocycles. The summed E-state index contributed by atoms with van der Waals surface area (Å²) in [4.78, 5) is 2.23. The van der Waals surface area contributed by atoms with Gasteiger partial charge in [-0.3, -0.25) is 4.90 Å². The molecule has 2 rings (SSSR count). The first-order valence-electron chi connectivity index (χ1n) is 8.01. The lowest BCUT2D eigenvalue weighted by Crippen LogP contribution is -2.26. The van der Waals surface area contributed by atoms with Crippen LogP contribution in [0.4, 0.5) is 0 Å². The Morgan fingerprint density at radius 2 is 2.09 bits per heavy atom. The van der Waals surface area contributed by atoms with Gasteiger partial charge in [0.15, 0.2) is 0 Å². The quantitative estimate of drug-likeness (QED) is 0.655. The standard InChI is InChI=1S/C19H24N2O2/c1-16-7-8-17(2)19(14-16)23-13-5-11-21(10-4-9-20)15-18-6-3-12-22-18/h3,6-8,12,14H,4-5,10-11,13,15H2,1-2H3. The summed E-state index contributed by atoms with van der Waals surface area (Å²) < 4.78 is 11.3. The first kappa shape index (κ1) is 17.1. The van der Waals surface area contributed by atoms with E-state index < -0.39 is 0 Å².